The Labute approximate surface area is 178 Å². The number of hydrogen-bond acceptors (Lipinski definition) is 4. The van der Waals surface area contributed by atoms with Crippen LogP contribution in [0, 0.1) is 20.8 Å². The predicted octanol–water partition coefficient (Wildman–Crippen LogP) is 4.80. The molecule has 0 radical (unpaired) electrons. The number of aryl methyl sites for hydroxylation is 3. The fraction of sp³-hybridized carbons (Fsp3) is 0.200. The second-order valence-corrected chi connectivity index (χ2v) is 8.95. The molecule has 1 heterocycles. The van der Waals surface area contributed by atoms with Crippen molar-refractivity contribution in [1.82, 2.24) is 9.78 Å². The summed E-state index contributed by atoms with van der Waals surface area (Å²) in [6.07, 6.45) is 0. The summed E-state index contributed by atoms with van der Waals surface area (Å²) < 4.78 is 35.0. The van der Waals surface area contributed by atoms with E-state index in [1.54, 1.807) is 46.0 Å². The molecule has 3 aromatic rings. The number of rotatable bonds is 4. The molecule has 2 aromatic carbocycles. The molecule has 0 aliphatic carbocycles. The van der Waals surface area contributed by atoms with Crippen LogP contribution in [-0.2, 0) is 17.2 Å². The van der Waals surface area contributed by atoms with Crippen molar-refractivity contribution in [1.29, 1.82) is 0 Å². The van der Waals surface area contributed by atoms with E-state index in [-0.39, 0.29) is 32.3 Å². The molecule has 1 aromatic heterocycles. The average molecular weight is 453 g/mol. The van der Waals surface area contributed by atoms with E-state index in [4.69, 9.17) is 23.2 Å². The first-order chi connectivity index (χ1) is 13.4. The highest BCUT2D eigenvalue weighted by Crippen LogP contribution is 2.35. The molecule has 1 N–H and O–H groups in total. The SMILES string of the molecule is Cc1ccc(S(=O)(=O)O)c(-c2c(C(=O)c3ccc(Cl)c(C)c3Cl)c(C)nn2C)c1. The number of benzene rings is 2. The molecule has 6 nitrogen and oxygen atoms in total. The molecule has 0 saturated heterocycles. The summed E-state index contributed by atoms with van der Waals surface area (Å²) >= 11 is 12.4. The normalized spacial score (nSPS) is 11.7. The van der Waals surface area contributed by atoms with Crippen LogP contribution < -0.4 is 0 Å². The Morgan fingerprint density at radius 1 is 1.10 bits per heavy atom. The van der Waals surface area contributed by atoms with Crippen LogP contribution in [0.25, 0.3) is 11.3 Å². The van der Waals surface area contributed by atoms with Gasteiger partial charge in [0.15, 0.2) is 5.78 Å². The van der Waals surface area contributed by atoms with Crippen LogP contribution in [0.5, 0.6) is 0 Å². The Morgan fingerprint density at radius 3 is 2.38 bits per heavy atom. The number of ketones is 1. The highest BCUT2D eigenvalue weighted by atomic mass is 35.5. The van der Waals surface area contributed by atoms with Crippen LogP contribution in [-0.4, -0.2) is 28.5 Å². The first-order valence-electron chi connectivity index (χ1n) is 8.55. The van der Waals surface area contributed by atoms with Gasteiger partial charge in [0, 0.05) is 23.2 Å². The maximum Gasteiger partial charge on any atom is 0.295 e. The fourth-order valence-electron chi connectivity index (χ4n) is 3.26. The van der Waals surface area contributed by atoms with Gasteiger partial charge in [-0.25, -0.2) is 0 Å². The van der Waals surface area contributed by atoms with Crippen molar-refractivity contribution >= 4 is 39.1 Å². The zero-order valence-corrected chi connectivity index (χ0v) is 18.4. The fourth-order valence-corrected chi connectivity index (χ4v) is 4.39. The van der Waals surface area contributed by atoms with Crippen molar-refractivity contribution in [3.63, 3.8) is 0 Å². The van der Waals surface area contributed by atoms with Crippen LogP contribution in [0.4, 0.5) is 0 Å². The average Bonchev–Trinajstić information content (AvgIpc) is 2.92. The lowest BCUT2D eigenvalue weighted by atomic mass is 9.96. The molecule has 0 unspecified atom stereocenters. The number of carbonyl (C=O) groups is 1. The van der Waals surface area contributed by atoms with Gasteiger partial charge in [0.2, 0.25) is 0 Å². The third-order valence-electron chi connectivity index (χ3n) is 4.68. The number of halogens is 2. The van der Waals surface area contributed by atoms with Crippen molar-refractivity contribution in [2.45, 2.75) is 25.7 Å². The van der Waals surface area contributed by atoms with Crippen molar-refractivity contribution < 1.29 is 17.8 Å². The lowest BCUT2D eigenvalue weighted by Crippen LogP contribution is -2.09. The number of nitrogens with zero attached hydrogens (tertiary/aromatic N) is 2. The summed E-state index contributed by atoms with van der Waals surface area (Å²) in [7, 11) is -2.93. The molecule has 29 heavy (non-hydrogen) atoms. The van der Waals surface area contributed by atoms with Gasteiger partial charge in [-0.15, -0.1) is 0 Å². The van der Waals surface area contributed by atoms with Crippen molar-refractivity contribution in [3.05, 3.63) is 68.3 Å². The Bertz CT molecular complexity index is 1260. The molecule has 0 spiro atoms. The Morgan fingerprint density at radius 2 is 1.76 bits per heavy atom. The minimum absolute atomic E-state index is 0.181. The van der Waals surface area contributed by atoms with E-state index < -0.39 is 15.9 Å². The van der Waals surface area contributed by atoms with Crippen molar-refractivity contribution in [2.24, 2.45) is 7.05 Å². The van der Waals surface area contributed by atoms with Crippen LogP contribution >= 0.6 is 23.2 Å². The Kier molecular flexibility index (Phi) is 5.62. The molecular formula is C20H18Cl2N2O4S. The van der Waals surface area contributed by atoms with Crippen LogP contribution in [0.15, 0.2) is 35.2 Å². The maximum atomic E-state index is 13.4. The van der Waals surface area contributed by atoms with E-state index in [1.165, 1.54) is 16.8 Å². The molecule has 0 atom stereocenters. The van der Waals surface area contributed by atoms with Gasteiger partial charge in [0.25, 0.3) is 10.1 Å². The molecule has 0 fully saturated rings. The van der Waals surface area contributed by atoms with Crippen molar-refractivity contribution in [3.8, 4) is 11.3 Å². The molecule has 0 bridgehead atoms. The van der Waals surface area contributed by atoms with Gasteiger partial charge in [-0.3, -0.25) is 14.0 Å². The number of carbonyl (C=O) groups excluding carboxylic acids is 1. The quantitative estimate of drug-likeness (QED) is 0.453. The monoisotopic (exact) mass is 452 g/mol. The maximum absolute atomic E-state index is 13.4. The first-order valence-corrected chi connectivity index (χ1v) is 10.7. The van der Waals surface area contributed by atoms with Gasteiger partial charge < -0.3 is 0 Å². The third kappa shape index (κ3) is 3.83. The molecule has 0 amide bonds. The van der Waals surface area contributed by atoms with E-state index in [0.29, 0.717) is 16.3 Å². The van der Waals surface area contributed by atoms with Gasteiger partial charge in [0.05, 0.1) is 22.0 Å². The lowest BCUT2D eigenvalue weighted by molar-refractivity contribution is 0.103. The lowest BCUT2D eigenvalue weighted by Gasteiger charge is -2.13. The third-order valence-corrected chi connectivity index (χ3v) is 6.49. The smallest absolute Gasteiger partial charge is 0.288 e. The van der Waals surface area contributed by atoms with Gasteiger partial charge in [-0.2, -0.15) is 13.5 Å². The zero-order chi connectivity index (χ0) is 21.7. The molecule has 0 aliphatic heterocycles. The summed E-state index contributed by atoms with van der Waals surface area (Å²) in [6, 6.07) is 7.56. The molecule has 9 heteroatoms. The molecule has 0 saturated carbocycles. The van der Waals surface area contributed by atoms with Crippen LogP contribution in [0.1, 0.15) is 32.7 Å². The Hall–Kier alpha value is -2.19. The summed E-state index contributed by atoms with van der Waals surface area (Å²) in [4.78, 5) is 13.1. The molecule has 0 aliphatic rings. The minimum Gasteiger partial charge on any atom is -0.288 e. The standard InChI is InChI=1S/C20H18Cl2N2O4S/c1-10-5-8-16(29(26,27)28)14(9-10)19-17(12(3)23-24(19)4)20(25)13-6-7-15(21)11(2)18(13)22/h5-9H,1-4H3,(H,26,27,28). The second-order valence-electron chi connectivity index (χ2n) is 6.77. The van der Waals surface area contributed by atoms with E-state index in [0.717, 1.165) is 5.56 Å². The van der Waals surface area contributed by atoms with Crippen LogP contribution in [0.2, 0.25) is 10.0 Å². The highest BCUT2D eigenvalue weighted by Gasteiger charge is 2.28. The highest BCUT2D eigenvalue weighted by molar-refractivity contribution is 7.86. The number of aromatic nitrogens is 2. The van der Waals surface area contributed by atoms with Gasteiger partial charge >= 0.3 is 0 Å². The van der Waals surface area contributed by atoms with Gasteiger partial charge in [-0.1, -0.05) is 34.8 Å². The largest absolute Gasteiger partial charge is 0.295 e. The molecule has 152 valence electrons. The summed E-state index contributed by atoms with van der Waals surface area (Å²) in [5.41, 5.74) is 2.60. The van der Waals surface area contributed by atoms with Gasteiger partial charge in [0.1, 0.15) is 4.90 Å². The number of hydrogen-bond donors (Lipinski definition) is 1. The van der Waals surface area contributed by atoms with E-state index in [1.807, 2.05) is 0 Å². The van der Waals surface area contributed by atoms with E-state index in [2.05, 4.69) is 5.10 Å². The Balaban J connectivity index is 2.34. The summed E-state index contributed by atoms with van der Waals surface area (Å²) in [6.45, 7) is 5.13. The second kappa shape index (κ2) is 7.57. The van der Waals surface area contributed by atoms with Crippen LogP contribution in [0.3, 0.4) is 0 Å². The van der Waals surface area contributed by atoms with Crippen molar-refractivity contribution in [2.75, 3.05) is 0 Å². The summed E-state index contributed by atoms with van der Waals surface area (Å²) in [5, 5.41) is 4.96. The predicted molar refractivity (Wildman–Crippen MR) is 113 cm³/mol. The topological polar surface area (TPSA) is 89.3 Å². The minimum atomic E-state index is -4.53. The molecule has 3 rings (SSSR count). The van der Waals surface area contributed by atoms with E-state index >= 15 is 0 Å². The van der Waals surface area contributed by atoms with E-state index in [9.17, 15) is 17.8 Å². The molecular weight excluding hydrogens is 435 g/mol. The van der Waals surface area contributed by atoms with Gasteiger partial charge in [-0.05, 0) is 50.6 Å². The summed E-state index contributed by atoms with van der Waals surface area (Å²) in [5.74, 6) is -0.418. The first kappa shape index (κ1) is 21.5. The zero-order valence-electron chi connectivity index (χ0n) is 16.1.